The topological polar surface area (TPSA) is 15.7 Å². The van der Waals surface area contributed by atoms with Crippen molar-refractivity contribution in [2.24, 2.45) is 0 Å². The molecule has 1 aliphatic carbocycles. The zero-order chi connectivity index (χ0) is 20.3. The number of nitrogens with zero attached hydrogens (tertiary/aromatic N) is 2. The molecule has 28 heavy (non-hydrogen) atoms. The van der Waals surface area contributed by atoms with Crippen LogP contribution in [0.25, 0.3) is 0 Å². The molecule has 0 spiro atoms. The molecule has 0 aromatic heterocycles. The summed E-state index contributed by atoms with van der Waals surface area (Å²) in [5.41, 5.74) is 2.65. The van der Waals surface area contributed by atoms with Crippen molar-refractivity contribution in [1.82, 2.24) is 4.90 Å². The van der Waals surface area contributed by atoms with Crippen LogP contribution in [0, 0.1) is 0 Å². The van der Waals surface area contributed by atoms with Crippen LogP contribution in [0.5, 0.6) is 5.75 Å². The van der Waals surface area contributed by atoms with Crippen molar-refractivity contribution >= 4 is 33.2 Å². The van der Waals surface area contributed by atoms with Gasteiger partial charge in [-0.25, -0.2) is 0 Å². The lowest BCUT2D eigenvalue weighted by atomic mass is 9.73. The largest absolute Gasteiger partial charge is 0.495 e. The molecule has 0 heterocycles. The van der Waals surface area contributed by atoms with E-state index >= 15 is 0 Å². The van der Waals surface area contributed by atoms with Crippen molar-refractivity contribution in [2.75, 3.05) is 32.6 Å². The Hall–Kier alpha value is -1.23. The van der Waals surface area contributed by atoms with E-state index in [9.17, 15) is 0 Å². The van der Waals surface area contributed by atoms with Crippen molar-refractivity contribution in [2.45, 2.75) is 44.2 Å². The summed E-state index contributed by atoms with van der Waals surface area (Å²) in [7, 11) is 6.14. The lowest BCUT2D eigenvalue weighted by Gasteiger charge is -2.48. The number of halogens is 2. The summed E-state index contributed by atoms with van der Waals surface area (Å²) in [4.78, 5) is 4.89. The third-order valence-corrected chi connectivity index (χ3v) is 7.02. The highest BCUT2D eigenvalue weighted by atomic mass is 79.9. The quantitative estimate of drug-likeness (QED) is 0.495. The Morgan fingerprint density at radius 1 is 1.11 bits per heavy atom. The molecule has 152 valence electrons. The Morgan fingerprint density at radius 2 is 1.75 bits per heavy atom. The van der Waals surface area contributed by atoms with Crippen LogP contribution in [-0.4, -0.2) is 38.7 Å². The molecule has 0 saturated heterocycles. The Morgan fingerprint density at radius 3 is 2.29 bits per heavy atom. The monoisotopic (exact) mass is 464 g/mol. The van der Waals surface area contributed by atoms with Crippen molar-refractivity contribution in [3.8, 4) is 5.75 Å². The minimum atomic E-state index is 0.0979. The van der Waals surface area contributed by atoms with Gasteiger partial charge in [0, 0.05) is 33.7 Å². The minimum absolute atomic E-state index is 0.0979. The van der Waals surface area contributed by atoms with Crippen molar-refractivity contribution in [3.63, 3.8) is 0 Å². The Kier molecular flexibility index (Phi) is 6.95. The van der Waals surface area contributed by atoms with Gasteiger partial charge in [-0.2, -0.15) is 0 Å². The molecule has 3 nitrogen and oxygen atoms in total. The summed E-state index contributed by atoms with van der Waals surface area (Å²) in [6.07, 6.45) is 4.57. The van der Waals surface area contributed by atoms with Gasteiger partial charge < -0.3 is 9.64 Å². The predicted octanol–water partition coefficient (Wildman–Crippen LogP) is 6.34. The lowest BCUT2D eigenvalue weighted by Crippen LogP contribution is -2.49. The summed E-state index contributed by atoms with van der Waals surface area (Å²) in [6.45, 7) is 3.17. The average molecular weight is 466 g/mol. The molecule has 5 heteroatoms. The van der Waals surface area contributed by atoms with Crippen molar-refractivity contribution in [3.05, 3.63) is 57.5 Å². The first kappa shape index (κ1) is 21.5. The fourth-order valence-corrected chi connectivity index (χ4v) is 5.09. The van der Waals surface area contributed by atoms with E-state index in [1.807, 2.05) is 12.1 Å². The van der Waals surface area contributed by atoms with Crippen molar-refractivity contribution < 1.29 is 4.74 Å². The molecule has 3 rings (SSSR count). The number of ether oxygens (including phenoxy) is 1. The standard InChI is InChI=1S/C23H30BrClN2O/c1-5-27(21-11-10-19(25)16-22(21)28-4)20-12-14-23(15-13-20,26(2)3)17-6-8-18(24)9-7-17/h6-11,16,20H,5,12-15H2,1-4H3. The molecule has 0 aliphatic heterocycles. The van der Waals surface area contributed by atoms with E-state index in [0.717, 1.165) is 48.1 Å². The first-order chi connectivity index (χ1) is 13.4. The van der Waals surface area contributed by atoms with E-state index in [1.54, 1.807) is 7.11 Å². The number of rotatable bonds is 6. The van der Waals surface area contributed by atoms with Gasteiger partial charge in [-0.1, -0.05) is 39.7 Å². The van der Waals surface area contributed by atoms with Crippen LogP contribution < -0.4 is 9.64 Å². The van der Waals surface area contributed by atoms with Crippen molar-refractivity contribution in [1.29, 1.82) is 0 Å². The van der Waals surface area contributed by atoms with Gasteiger partial charge >= 0.3 is 0 Å². The number of hydrogen-bond donors (Lipinski definition) is 0. The summed E-state index contributed by atoms with van der Waals surface area (Å²) >= 11 is 9.74. The number of hydrogen-bond acceptors (Lipinski definition) is 3. The van der Waals surface area contributed by atoms with E-state index in [1.165, 1.54) is 5.56 Å². The van der Waals surface area contributed by atoms with Gasteiger partial charge in [0.05, 0.1) is 12.8 Å². The van der Waals surface area contributed by atoms with Gasteiger partial charge in [-0.05, 0) is 76.5 Å². The number of methoxy groups -OCH3 is 1. The molecule has 1 saturated carbocycles. The van der Waals surface area contributed by atoms with Gasteiger partial charge in [-0.15, -0.1) is 0 Å². The molecule has 1 fully saturated rings. The SMILES string of the molecule is CCN(c1ccc(Cl)cc1OC)C1CCC(c2ccc(Br)cc2)(N(C)C)CC1. The highest BCUT2D eigenvalue weighted by molar-refractivity contribution is 9.10. The molecule has 1 aliphatic rings. The molecule has 2 aromatic carbocycles. The molecular formula is C23H30BrClN2O. The number of anilines is 1. The normalized spacial score (nSPS) is 22.3. The molecule has 0 radical (unpaired) electrons. The van der Waals surface area contributed by atoms with Gasteiger partial charge in [-0.3, -0.25) is 4.90 Å². The third kappa shape index (κ3) is 4.19. The smallest absolute Gasteiger partial charge is 0.143 e. The zero-order valence-electron chi connectivity index (χ0n) is 17.2. The average Bonchev–Trinajstić information content (AvgIpc) is 2.70. The summed E-state index contributed by atoms with van der Waals surface area (Å²) in [5.74, 6) is 0.853. The van der Waals surface area contributed by atoms with E-state index in [4.69, 9.17) is 16.3 Å². The van der Waals surface area contributed by atoms with Crippen LogP contribution in [0.1, 0.15) is 38.2 Å². The maximum Gasteiger partial charge on any atom is 0.143 e. The molecule has 0 amide bonds. The van der Waals surface area contributed by atoms with E-state index < -0.39 is 0 Å². The lowest BCUT2D eigenvalue weighted by molar-refractivity contribution is 0.0903. The fraction of sp³-hybridized carbons (Fsp3) is 0.478. The van der Waals surface area contributed by atoms with Crippen LogP contribution in [-0.2, 0) is 5.54 Å². The van der Waals surface area contributed by atoms with E-state index in [0.29, 0.717) is 11.1 Å². The molecule has 2 aromatic rings. The van der Waals surface area contributed by atoms with Gasteiger partial charge in [0.25, 0.3) is 0 Å². The Labute approximate surface area is 182 Å². The maximum absolute atomic E-state index is 6.17. The molecule has 0 bridgehead atoms. The van der Waals surface area contributed by atoms with Gasteiger partial charge in [0.15, 0.2) is 0 Å². The second-order valence-electron chi connectivity index (χ2n) is 7.77. The second-order valence-corrected chi connectivity index (χ2v) is 9.12. The van der Waals surface area contributed by atoms with Crippen LogP contribution in [0.3, 0.4) is 0 Å². The van der Waals surface area contributed by atoms with E-state index in [2.05, 4.69) is 77.1 Å². The Balaban J connectivity index is 1.83. The van der Waals surface area contributed by atoms with Crippen LogP contribution in [0.4, 0.5) is 5.69 Å². The predicted molar refractivity (Wildman–Crippen MR) is 123 cm³/mol. The molecule has 0 unspecified atom stereocenters. The molecule has 0 N–H and O–H groups in total. The van der Waals surface area contributed by atoms with Gasteiger partial charge in [0.1, 0.15) is 5.75 Å². The van der Waals surface area contributed by atoms with Crippen LogP contribution in [0.2, 0.25) is 5.02 Å². The first-order valence-corrected chi connectivity index (χ1v) is 11.1. The van der Waals surface area contributed by atoms with E-state index in [-0.39, 0.29) is 5.54 Å². The first-order valence-electron chi connectivity index (χ1n) is 9.95. The Bertz CT molecular complexity index is 786. The van der Waals surface area contributed by atoms with Crippen LogP contribution >= 0.6 is 27.5 Å². The molecular weight excluding hydrogens is 436 g/mol. The summed E-state index contributed by atoms with van der Waals surface area (Å²) in [5, 5.41) is 0.710. The number of benzene rings is 2. The van der Waals surface area contributed by atoms with Crippen LogP contribution in [0.15, 0.2) is 46.9 Å². The second kappa shape index (κ2) is 9.06. The summed E-state index contributed by atoms with van der Waals surface area (Å²) < 4.78 is 6.75. The minimum Gasteiger partial charge on any atom is -0.495 e. The third-order valence-electron chi connectivity index (χ3n) is 6.25. The fourth-order valence-electron chi connectivity index (χ4n) is 4.66. The molecule has 0 atom stereocenters. The summed E-state index contributed by atoms with van der Waals surface area (Å²) in [6, 6.07) is 15.3. The highest BCUT2D eigenvalue weighted by Crippen LogP contribution is 2.44. The zero-order valence-corrected chi connectivity index (χ0v) is 19.6. The maximum atomic E-state index is 6.17. The highest BCUT2D eigenvalue weighted by Gasteiger charge is 2.40. The van der Waals surface area contributed by atoms with Gasteiger partial charge in [0.2, 0.25) is 0 Å².